The Balaban J connectivity index is 2.05. The van der Waals surface area contributed by atoms with Crippen LogP contribution in [0.1, 0.15) is 29.3 Å². The van der Waals surface area contributed by atoms with Crippen LogP contribution < -0.4 is 0 Å². The molecule has 1 aromatic heterocycles. The Hall–Kier alpha value is -1.63. The number of benzene rings is 1. The fourth-order valence-electron chi connectivity index (χ4n) is 3.15. The van der Waals surface area contributed by atoms with E-state index in [0.29, 0.717) is 12.8 Å². The SMILES string of the molecule is CC(O)(c1cccs1)C1(C#N)CCc2ccccc2C1. The molecule has 1 N–H and O–H groups in total. The number of aryl methyl sites for hydroxylation is 1. The molecule has 1 aromatic carbocycles. The van der Waals surface area contributed by atoms with Gasteiger partial charge < -0.3 is 5.11 Å². The first-order chi connectivity index (χ1) is 9.59. The predicted molar refractivity (Wildman–Crippen MR) is 80.4 cm³/mol. The van der Waals surface area contributed by atoms with E-state index in [0.717, 1.165) is 11.3 Å². The quantitative estimate of drug-likeness (QED) is 0.914. The second kappa shape index (κ2) is 4.73. The van der Waals surface area contributed by atoms with Crippen LogP contribution in [0.3, 0.4) is 0 Å². The lowest BCUT2D eigenvalue weighted by Crippen LogP contribution is -2.46. The average Bonchev–Trinajstić information content (AvgIpc) is 3.01. The van der Waals surface area contributed by atoms with Crippen molar-refractivity contribution in [2.24, 2.45) is 5.41 Å². The molecular weight excluding hydrogens is 266 g/mol. The van der Waals surface area contributed by atoms with E-state index in [-0.39, 0.29) is 0 Å². The van der Waals surface area contributed by atoms with Crippen LogP contribution in [0.25, 0.3) is 0 Å². The van der Waals surface area contributed by atoms with Crippen molar-refractivity contribution in [1.29, 1.82) is 5.26 Å². The van der Waals surface area contributed by atoms with E-state index >= 15 is 0 Å². The molecule has 3 rings (SSSR count). The summed E-state index contributed by atoms with van der Waals surface area (Å²) < 4.78 is 0. The van der Waals surface area contributed by atoms with Crippen molar-refractivity contribution < 1.29 is 5.11 Å². The Morgan fingerprint density at radius 3 is 2.65 bits per heavy atom. The minimum absolute atomic E-state index is 0.616. The van der Waals surface area contributed by atoms with Gasteiger partial charge in [0.1, 0.15) is 5.60 Å². The normalized spacial score (nSPS) is 24.4. The van der Waals surface area contributed by atoms with Gasteiger partial charge in [-0.3, -0.25) is 0 Å². The van der Waals surface area contributed by atoms with Gasteiger partial charge in [0.2, 0.25) is 0 Å². The molecule has 0 saturated heterocycles. The fourth-order valence-corrected chi connectivity index (χ4v) is 4.03. The Kier molecular flexibility index (Phi) is 3.16. The van der Waals surface area contributed by atoms with E-state index in [2.05, 4.69) is 18.2 Å². The summed E-state index contributed by atoms with van der Waals surface area (Å²) in [5, 5.41) is 22.8. The number of thiophene rings is 1. The lowest BCUT2D eigenvalue weighted by atomic mass is 9.63. The molecule has 3 heteroatoms. The molecule has 1 aliphatic rings. The maximum atomic E-state index is 11.1. The van der Waals surface area contributed by atoms with Crippen LogP contribution in [-0.4, -0.2) is 5.11 Å². The maximum Gasteiger partial charge on any atom is 0.115 e. The number of rotatable bonds is 2. The summed E-state index contributed by atoms with van der Waals surface area (Å²) in [5.74, 6) is 0. The van der Waals surface area contributed by atoms with E-state index in [4.69, 9.17) is 0 Å². The van der Waals surface area contributed by atoms with Crippen molar-refractivity contribution in [2.45, 2.75) is 31.8 Å². The first-order valence-electron chi connectivity index (χ1n) is 6.83. The highest BCUT2D eigenvalue weighted by atomic mass is 32.1. The van der Waals surface area contributed by atoms with Crippen LogP contribution in [0.4, 0.5) is 0 Å². The summed E-state index contributed by atoms with van der Waals surface area (Å²) in [5.41, 5.74) is 0.646. The van der Waals surface area contributed by atoms with Gasteiger partial charge in [0.25, 0.3) is 0 Å². The fraction of sp³-hybridized carbons (Fsp3) is 0.353. The summed E-state index contributed by atoms with van der Waals surface area (Å²) in [4.78, 5) is 0.874. The molecule has 0 radical (unpaired) electrons. The van der Waals surface area contributed by atoms with E-state index in [1.165, 1.54) is 22.5 Å². The van der Waals surface area contributed by atoms with Crippen LogP contribution in [0, 0.1) is 16.7 Å². The summed E-state index contributed by atoms with van der Waals surface area (Å²) in [6.07, 6.45) is 2.17. The van der Waals surface area contributed by atoms with Gasteiger partial charge in [-0.2, -0.15) is 5.26 Å². The van der Waals surface area contributed by atoms with Gasteiger partial charge in [-0.1, -0.05) is 30.3 Å². The topological polar surface area (TPSA) is 44.0 Å². The van der Waals surface area contributed by atoms with Gasteiger partial charge in [-0.25, -0.2) is 0 Å². The van der Waals surface area contributed by atoms with Gasteiger partial charge in [0, 0.05) is 4.88 Å². The maximum absolute atomic E-state index is 11.1. The standard InChI is InChI=1S/C17H17NOS/c1-16(19,15-7-4-10-20-15)17(12-18)9-8-13-5-2-3-6-14(13)11-17/h2-7,10,19H,8-9,11H2,1H3. The number of fused-ring (bicyclic) bond motifs is 1. The highest BCUT2D eigenvalue weighted by molar-refractivity contribution is 7.10. The summed E-state index contributed by atoms with van der Waals surface area (Å²) in [6, 6.07) is 14.5. The molecule has 102 valence electrons. The van der Waals surface area contributed by atoms with Crippen LogP contribution >= 0.6 is 11.3 Å². The highest BCUT2D eigenvalue weighted by Crippen LogP contribution is 2.49. The molecule has 1 aliphatic carbocycles. The Bertz CT molecular complexity index is 654. The Morgan fingerprint density at radius 2 is 2.00 bits per heavy atom. The number of hydrogen-bond donors (Lipinski definition) is 1. The zero-order chi connectivity index (χ0) is 14.2. The molecule has 0 amide bonds. The molecule has 2 aromatic rings. The third-order valence-electron chi connectivity index (χ3n) is 4.58. The molecule has 0 fully saturated rings. The zero-order valence-corrected chi connectivity index (χ0v) is 12.3. The molecule has 0 aliphatic heterocycles. The monoisotopic (exact) mass is 283 g/mol. The first-order valence-corrected chi connectivity index (χ1v) is 7.71. The van der Waals surface area contributed by atoms with Crippen molar-refractivity contribution in [3.05, 3.63) is 57.8 Å². The molecule has 2 atom stereocenters. The summed E-state index contributed by atoms with van der Waals surface area (Å²) >= 11 is 1.52. The lowest BCUT2D eigenvalue weighted by Gasteiger charge is -2.42. The Morgan fingerprint density at radius 1 is 1.25 bits per heavy atom. The van der Waals surface area contributed by atoms with Crippen LogP contribution in [0.2, 0.25) is 0 Å². The second-order valence-corrected chi connectivity index (χ2v) is 6.64. The lowest BCUT2D eigenvalue weighted by molar-refractivity contribution is -0.0494. The minimum Gasteiger partial charge on any atom is -0.383 e. The van der Waals surface area contributed by atoms with E-state index in [1.54, 1.807) is 6.92 Å². The highest BCUT2D eigenvalue weighted by Gasteiger charge is 2.50. The third-order valence-corrected chi connectivity index (χ3v) is 5.66. The van der Waals surface area contributed by atoms with Gasteiger partial charge in [-0.15, -0.1) is 11.3 Å². The molecule has 2 nitrogen and oxygen atoms in total. The van der Waals surface area contributed by atoms with Crippen molar-refractivity contribution in [3.63, 3.8) is 0 Å². The third kappa shape index (κ3) is 1.88. The van der Waals surface area contributed by atoms with Gasteiger partial charge >= 0.3 is 0 Å². The number of nitriles is 1. The molecule has 0 saturated carbocycles. The van der Waals surface area contributed by atoms with Crippen molar-refractivity contribution >= 4 is 11.3 Å². The molecule has 0 bridgehead atoms. The Labute approximate surface area is 123 Å². The molecular formula is C17H17NOS. The van der Waals surface area contributed by atoms with Gasteiger partial charge in [0.05, 0.1) is 11.5 Å². The molecule has 1 heterocycles. The number of nitrogens with zero attached hydrogens (tertiary/aromatic N) is 1. The first kappa shape index (κ1) is 13.4. The van der Waals surface area contributed by atoms with Gasteiger partial charge in [0.15, 0.2) is 0 Å². The number of hydrogen-bond acceptors (Lipinski definition) is 3. The minimum atomic E-state index is -1.11. The van der Waals surface area contributed by atoms with Crippen molar-refractivity contribution in [1.82, 2.24) is 0 Å². The van der Waals surface area contributed by atoms with E-state index < -0.39 is 11.0 Å². The van der Waals surface area contributed by atoms with Gasteiger partial charge in [-0.05, 0) is 48.8 Å². The largest absolute Gasteiger partial charge is 0.383 e. The van der Waals surface area contributed by atoms with E-state index in [1.807, 2.05) is 29.6 Å². The molecule has 0 spiro atoms. The summed E-state index contributed by atoms with van der Waals surface area (Å²) in [7, 11) is 0. The van der Waals surface area contributed by atoms with Crippen LogP contribution in [-0.2, 0) is 18.4 Å². The van der Waals surface area contributed by atoms with Crippen LogP contribution in [0.15, 0.2) is 41.8 Å². The van der Waals surface area contributed by atoms with Crippen molar-refractivity contribution in [3.8, 4) is 6.07 Å². The van der Waals surface area contributed by atoms with E-state index in [9.17, 15) is 10.4 Å². The molecule has 2 unspecified atom stereocenters. The average molecular weight is 283 g/mol. The molecule has 20 heavy (non-hydrogen) atoms. The second-order valence-electron chi connectivity index (χ2n) is 5.69. The number of aliphatic hydroxyl groups is 1. The summed E-state index contributed by atoms with van der Waals surface area (Å²) in [6.45, 7) is 1.79. The smallest absolute Gasteiger partial charge is 0.115 e. The van der Waals surface area contributed by atoms with Crippen molar-refractivity contribution in [2.75, 3.05) is 0 Å². The predicted octanol–water partition coefficient (Wildman–Crippen LogP) is 3.65. The van der Waals surface area contributed by atoms with Crippen LogP contribution in [0.5, 0.6) is 0 Å². The zero-order valence-electron chi connectivity index (χ0n) is 11.5.